The van der Waals surface area contributed by atoms with Crippen LogP contribution >= 0.6 is 11.8 Å². The van der Waals surface area contributed by atoms with Crippen LogP contribution in [0, 0.1) is 11.3 Å². The molecular formula is C25H21N3OS. The minimum atomic E-state index is -0.0676. The number of aromatic nitrogens is 2. The van der Waals surface area contributed by atoms with Crippen LogP contribution in [0.1, 0.15) is 36.5 Å². The largest absolute Gasteiger partial charge is 0.268 e. The maximum Gasteiger partial charge on any atom is 0.266 e. The standard InChI is InChI=1S/C25H21N3OS/c1-17(2)20-10-4-6-13-23(20)28-24(29)21-11-3-5-12-22(21)27-25(28)30-16-19-9-7-8-18(14-19)15-26/h3-14,17H,16H2,1-2H3. The van der Waals surface area contributed by atoms with E-state index >= 15 is 0 Å². The normalized spacial score (nSPS) is 11.0. The summed E-state index contributed by atoms with van der Waals surface area (Å²) in [7, 11) is 0. The number of nitrogens with zero attached hydrogens (tertiary/aromatic N) is 3. The second kappa shape index (κ2) is 8.56. The molecule has 1 aromatic heterocycles. The number of thioether (sulfide) groups is 1. The van der Waals surface area contributed by atoms with Crippen LogP contribution in [-0.4, -0.2) is 9.55 Å². The predicted molar refractivity (Wildman–Crippen MR) is 122 cm³/mol. The zero-order valence-electron chi connectivity index (χ0n) is 16.9. The number of hydrogen-bond acceptors (Lipinski definition) is 4. The van der Waals surface area contributed by atoms with Gasteiger partial charge in [-0.25, -0.2) is 4.98 Å². The molecule has 30 heavy (non-hydrogen) atoms. The number of nitriles is 1. The van der Waals surface area contributed by atoms with Crippen LogP contribution in [0.2, 0.25) is 0 Å². The van der Waals surface area contributed by atoms with Gasteiger partial charge in [0.2, 0.25) is 0 Å². The summed E-state index contributed by atoms with van der Waals surface area (Å²) in [6.45, 7) is 4.25. The first-order chi connectivity index (χ1) is 14.6. The highest BCUT2D eigenvalue weighted by molar-refractivity contribution is 7.98. The van der Waals surface area contributed by atoms with Crippen molar-refractivity contribution in [2.45, 2.75) is 30.7 Å². The molecule has 4 aromatic rings. The fourth-order valence-corrected chi connectivity index (χ4v) is 4.43. The molecule has 0 amide bonds. The molecular weight excluding hydrogens is 390 g/mol. The van der Waals surface area contributed by atoms with Gasteiger partial charge in [-0.2, -0.15) is 5.26 Å². The highest BCUT2D eigenvalue weighted by Crippen LogP contribution is 2.28. The molecule has 0 aliphatic carbocycles. The number of rotatable bonds is 5. The molecule has 0 saturated carbocycles. The van der Waals surface area contributed by atoms with Crippen LogP contribution in [0.4, 0.5) is 0 Å². The van der Waals surface area contributed by atoms with Crippen molar-refractivity contribution in [3.63, 3.8) is 0 Å². The van der Waals surface area contributed by atoms with E-state index in [1.165, 1.54) is 11.8 Å². The van der Waals surface area contributed by atoms with Crippen LogP contribution in [0.15, 0.2) is 82.7 Å². The van der Waals surface area contributed by atoms with Gasteiger partial charge in [-0.1, -0.05) is 68.1 Å². The summed E-state index contributed by atoms with van der Waals surface area (Å²) < 4.78 is 1.73. The van der Waals surface area contributed by atoms with Crippen LogP contribution in [0.25, 0.3) is 16.6 Å². The van der Waals surface area contributed by atoms with Crippen LogP contribution in [0.3, 0.4) is 0 Å². The topological polar surface area (TPSA) is 58.7 Å². The maximum absolute atomic E-state index is 13.5. The van der Waals surface area contributed by atoms with Gasteiger partial charge in [0.15, 0.2) is 5.16 Å². The van der Waals surface area contributed by atoms with Gasteiger partial charge in [0, 0.05) is 5.75 Å². The summed E-state index contributed by atoms with van der Waals surface area (Å²) in [6.07, 6.45) is 0. The lowest BCUT2D eigenvalue weighted by atomic mass is 10.0. The Morgan fingerprint density at radius 2 is 1.80 bits per heavy atom. The molecule has 1 heterocycles. The zero-order chi connectivity index (χ0) is 21.1. The molecule has 4 rings (SSSR count). The van der Waals surface area contributed by atoms with Crippen molar-refractivity contribution in [2.75, 3.05) is 0 Å². The SMILES string of the molecule is CC(C)c1ccccc1-n1c(SCc2cccc(C#N)c2)nc2ccccc2c1=O. The molecule has 0 unspecified atom stereocenters. The van der Waals surface area contributed by atoms with E-state index in [1.807, 2.05) is 60.7 Å². The van der Waals surface area contributed by atoms with Gasteiger partial charge in [0.05, 0.1) is 28.2 Å². The third-order valence-electron chi connectivity index (χ3n) is 4.97. The first kappa shape index (κ1) is 19.9. The highest BCUT2D eigenvalue weighted by Gasteiger charge is 2.17. The highest BCUT2D eigenvalue weighted by atomic mass is 32.2. The van der Waals surface area contributed by atoms with Gasteiger partial charge >= 0.3 is 0 Å². The summed E-state index contributed by atoms with van der Waals surface area (Å²) in [5.41, 5.74) is 4.23. The van der Waals surface area contributed by atoms with Crippen molar-refractivity contribution in [1.82, 2.24) is 9.55 Å². The summed E-state index contributed by atoms with van der Waals surface area (Å²) in [5.74, 6) is 0.883. The smallest absolute Gasteiger partial charge is 0.266 e. The molecule has 0 fully saturated rings. The number of para-hydroxylation sites is 2. The molecule has 148 valence electrons. The number of hydrogen-bond donors (Lipinski definition) is 0. The minimum absolute atomic E-state index is 0.0676. The summed E-state index contributed by atoms with van der Waals surface area (Å²) >= 11 is 1.51. The third-order valence-corrected chi connectivity index (χ3v) is 5.98. The van der Waals surface area contributed by atoms with E-state index in [0.717, 1.165) is 16.8 Å². The molecule has 0 spiro atoms. The first-order valence-corrected chi connectivity index (χ1v) is 10.8. The molecule has 0 aliphatic heterocycles. The van der Waals surface area contributed by atoms with Gasteiger partial charge in [0.1, 0.15) is 0 Å². The summed E-state index contributed by atoms with van der Waals surface area (Å²) in [5, 5.41) is 10.4. The van der Waals surface area contributed by atoms with E-state index in [0.29, 0.717) is 27.4 Å². The molecule has 0 saturated heterocycles. The maximum atomic E-state index is 13.5. The van der Waals surface area contributed by atoms with Gasteiger partial charge < -0.3 is 0 Å². The molecule has 4 nitrogen and oxygen atoms in total. The fraction of sp³-hybridized carbons (Fsp3) is 0.160. The van der Waals surface area contributed by atoms with E-state index < -0.39 is 0 Å². The Kier molecular flexibility index (Phi) is 5.69. The molecule has 5 heteroatoms. The molecule has 0 aliphatic rings. The van der Waals surface area contributed by atoms with Crippen LogP contribution < -0.4 is 5.56 Å². The molecule has 0 bridgehead atoms. The Labute approximate surface area is 179 Å². The van der Waals surface area contributed by atoms with Gasteiger partial charge in [0.25, 0.3) is 5.56 Å². The lowest BCUT2D eigenvalue weighted by molar-refractivity contribution is 0.780. The van der Waals surface area contributed by atoms with E-state index in [9.17, 15) is 4.79 Å². The van der Waals surface area contributed by atoms with Crippen molar-refractivity contribution in [3.05, 3.63) is 99.8 Å². The number of benzene rings is 3. The molecule has 0 N–H and O–H groups in total. The monoisotopic (exact) mass is 411 g/mol. The lowest BCUT2D eigenvalue weighted by Crippen LogP contribution is -2.23. The summed E-state index contributed by atoms with van der Waals surface area (Å²) in [4.78, 5) is 18.3. The van der Waals surface area contributed by atoms with E-state index in [-0.39, 0.29) is 11.5 Å². The van der Waals surface area contributed by atoms with Crippen molar-refractivity contribution in [2.24, 2.45) is 0 Å². The first-order valence-electron chi connectivity index (χ1n) is 9.81. The molecule has 0 radical (unpaired) electrons. The van der Waals surface area contributed by atoms with E-state index in [1.54, 1.807) is 10.6 Å². The quantitative estimate of drug-likeness (QED) is 0.313. The van der Waals surface area contributed by atoms with Crippen molar-refractivity contribution in [3.8, 4) is 11.8 Å². The zero-order valence-corrected chi connectivity index (χ0v) is 17.7. The fourth-order valence-electron chi connectivity index (χ4n) is 3.48. The van der Waals surface area contributed by atoms with Gasteiger partial charge in [-0.05, 0) is 47.4 Å². The Bertz CT molecular complexity index is 1320. The van der Waals surface area contributed by atoms with Crippen LogP contribution in [0.5, 0.6) is 0 Å². The minimum Gasteiger partial charge on any atom is -0.268 e. The van der Waals surface area contributed by atoms with Gasteiger partial charge in [-0.3, -0.25) is 9.36 Å². The Hall–Kier alpha value is -3.36. The summed E-state index contributed by atoms with van der Waals surface area (Å²) in [6, 6.07) is 25.1. The van der Waals surface area contributed by atoms with E-state index in [2.05, 4.69) is 26.0 Å². The van der Waals surface area contributed by atoms with Crippen molar-refractivity contribution >= 4 is 22.7 Å². The van der Waals surface area contributed by atoms with Crippen LogP contribution in [-0.2, 0) is 5.75 Å². The predicted octanol–water partition coefficient (Wildman–Crippen LogP) is 5.67. The van der Waals surface area contributed by atoms with E-state index in [4.69, 9.17) is 10.2 Å². The molecule has 3 aromatic carbocycles. The lowest BCUT2D eigenvalue weighted by Gasteiger charge is -2.18. The molecule has 0 atom stereocenters. The van der Waals surface area contributed by atoms with Crippen molar-refractivity contribution in [1.29, 1.82) is 5.26 Å². The Morgan fingerprint density at radius 1 is 1.03 bits per heavy atom. The van der Waals surface area contributed by atoms with Crippen molar-refractivity contribution < 1.29 is 0 Å². The van der Waals surface area contributed by atoms with Gasteiger partial charge in [-0.15, -0.1) is 0 Å². The Morgan fingerprint density at radius 3 is 2.60 bits per heavy atom. The second-order valence-corrected chi connectivity index (χ2v) is 8.31. The average Bonchev–Trinajstić information content (AvgIpc) is 2.78. The third kappa shape index (κ3) is 3.87. The Balaban J connectivity index is 1.87. The second-order valence-electron chi connectivity index (χ2n) is 7.37. The average molecular weight is 412 g/mol. The number of fused-ring (bicyclic) bond motifs is 1.